The third kappa shape index (κ3) is 3.08. The highest BCUT2D eigenvalue weighted by Gasteiger charge is 2.28. The van der Waals surface area contributed by atoms with Crippen molar-refractivity contribution in [2.24, 2.45) is 5.92 Å². The lowest BCUT2D eigenvalue weighted by atomic mass is 10.2. The summed E-state index contributed by atoms with van der Waals surface area (Å²) >= 11 is 0. The third-order valence-electron chi connectivity index (χ3n) is 3.86. The highest BCUT2D eigenvalue weighted by molar-refractivity contribution is 6.00. The van der Waals surface area contributed by atoms with Gasteiger partial charge >= 0.3 is 0 Å². The molecule has 0 spiro atoms. The zero-order valence-corrected chi connectivity index (χ0v) is 13.9. The fourth-order valence-corrected chi connectivity index (χ4v) is 2.45. The number of nitrogens with one attached hydrogen (secondary N) is 1. The number of rotatable bonds is 4. The van der Waals surface area contributed by atoms with Crippen molar-refractivity contribution in [2.75, 3.05) is 17.3 Å². The SMILES string of the molecule is CC(C)C(=O)Nc1cccc(Oc2ccnc3c2CC(=O)N3C)c1. The summed E-state index contributed by atoms with van der Waals surface area (Å²) in [6.45, 7) is 3.67. The Bertz CT molecular complexity index is 802. The molecule has 0 radical (unpaired) electrons. The molecule has 2 amide bonds. The van der Waals surface area contributed by atoms with E-state index >= 15 is 0 Å². The van der Waals surface area contributed by atoms with Crippen LogP contribution in [-0.4, -0.2) is 23.8 Å². The second-order valence-electron chi connectivity index (χ2n) is 6.01. The quantitative estimate of drug-likeness (QED) is 0.938. The third-order valence-corrected chi connectivity index (χ3v) is 3.86. The molecule has 0 aliphatic carbocycles. The van der Waals surface area contributed by atoms with Crippen LogP contribution in [0.3, 0.4) is 0 Å². The molecule has 1 aromatic heterocycles. The van der Waals surface area contributed by atoms with E-state index in [4.69, 9.17) is 4.74 Å². The molecule has 0 saturated heterocycles. The molecule has 2 heterocycles. The second-order valence-corrected chi connectivity index (χ2v) is 6.01. The van der Waals surface area contributed by atoms with Gasteiger partial charge in [0.15, 0.2) is 0 Å². The number of carbonyl (C=O) groups is 2. The minimum Gasteiger partial charge on any atom is -0.457 e. The molecular formula is C18H19N3O3. The van der Waals surface area contributed by atoms with Gasteiger partial charge in [-0.15, -0.1) is 0 Å². The van der Waals surface area contributed by atoms with E-state index in [1.54, 1.807) is 37.5 Å². The van der Waals surface area contributed by atoms with Gasteiger partial charge in [-0.2, -0.15) is 0 Å². The number of carbonyl (C=O) groups excluding carboxylic acids is 2. The minimum absolute atomic E-state index is 0.00787. The number of fused-ring (bicyclic) bond motifs is 1. The smallest absolute Gasteiger partial charge is 0.232 e. The molecule has 3 rings (SSSR count). The number of nitrogens with zero attached hydrogens (tertiary/aromatic N) is 2. The van der Waals surface area contributed by atoms with E-state index in [1.165, 1.54) is 4.90 Å². The second kappa shape index (κ2) is 6.31. The fourth-order valence-electron chi connectivity index (χ4n) is 2.45. The first-order valence-electron chi connectivity index (χ1n) is 7.79. The molecule has 0 unspecified atom stereocenters. The van der Waals surface area contributed by atoms with E-state index in [2.05, 4.69) is 10.3 Å². The van der Waals surface area contributed by atoms with Gasteiger partial charge in [-0.3, -0.25) is 14.5 Å². The largest absolute Gasteiger partial charge is 0.457 e. The molecular weight excluding hydrogens is 306 g/mol. The summed E-state index contributed by atoms with van der Waals surface area (Å²) in [5.41, 5.74) is 1.45. The summed E-state index contributed by atoms with van der Waals surface area (Å²) in [5, 5.41) is 2.84. The first kappa shape index (κ1) is 16.0. The van der Waals surface area contributed by atoms with Crippen molar-refractivity contribution >= 4 is 23.3 Å². The Morgan fingerprint density at radius 2 is 2.12 bits per heavy atom. The predicted molar refractivity (Wildman–Crippen MR) is 91.3 cm³/mol. The van der Waals surface area contributed by atoms with Crippen LogP contribution < -0.4 is 15.0 Å². The maximum Gasteiger partial charge on any atom is 0.232 e. The van der Waals surface area contributed by atoms with Crippen molar-refractivity contribution in [3.05, 3.63) is 42.1 Å². The first-order valence-corrected chi connectivity index (χ1v) is 7.79. The van der Waals surface area contributed by atoms with E-state index in [0.717, 1.165) is 5.56 Å². The Balaban J connectivity index is 1.83. The molecule has 1 aliphatic rings. The zero-order valence-electron chi connectivity index (χ0n) is 13.9. The maximum absolute atomic E-state index is 11.9. The number of likely N-dealkylation sites (N-methyl/N-ethyl adjacent to an activating group) is 1. The van der Waals surface area contributed by atoms with Gasteiger partial charge in [-0.1, -0.05) is 19.9 Å². The van der Waals surface area contributed by atoms with E-state index in [0.29, 0.717) is 23.0 Å². The van der Waals surface area contributed by atoms with Crippen LogP contribution in [-0.2, 0) is 16.0 Å². The number of anilines is 2. The summed E-state index contributed by atoms with van der Waals surface area (Å²) in [7, 11) is 1.70. The summed E-state index contributed by atoms with van der Waals surface area (Å²) in [4.78, 5) is 29.4. The number of ether oxygens (including phenoxy) is 1. The molecule has 0 bridgehead atoms. The van der Waals surface area contributed by atoms with Crippen LogP contribution in [0.4, 0.5) is 11.5 Å². The first-order chi connectivity index (χ1) is 11.5. The van der Waals surface area contributed by atoms with Crippen LogP contribution in [0, 0.1) is 5.92 Å². The zero-order chi connectivity index (χ0) is 17.3. The average Bonchev–Trinajstić information content (AvgIpc) is 2.84. The van der Waals surface area contributed by atoms with Crippen molar-refractivity contribution in [1.29, 1.82) is 0 Å². The molecule has 0 fully saturated rings. The van der Waals surface area contributed by atoms with Gasteiger partial charge in [0.1, 0.15) is 17.3 Å². The van der Waals surface area contributed by atoms with Gasteiger partial charge in [-0.25, -0.2) is 4.98 Å². The molecule has 6 heteroatoms. The van der Waals surface area contributed by atoms with Gasteiger partial charge in [0, 0.05) is 36.5 Å². The van der Waals surface area contributed by atoms with E-state index in [9.17, 15) is 9.59 Å². The minimum atomic E-state index is -0.0976. The molecule has 0 saturated carbocycles. The molecule has 1 aliphatic heterocycles. The summed E-state index contributed by atoms with van der Waals surface area (Å²) in [5.74, 6) is 1.66. The Labute approximate surface area is 140 Å². The standard InChI is InChI=1S/C18H19N3O3/c1-11(2)18(23)20-12-5-4-6-13(9-12)24-15-7-8-19-17-14(15)10-16(22)21(17)3/h4-9,11H,10H2,1-3H3,(H,20,23). The van der Waals surface area contributed by atoms with Crippen LogP contribution in [0.1, 0.15) is 19.4 Å². The van der Waals surface area contributed by atoms with Gasteiger partial charge in [0.25, 0.3) is 0 Å². The Kier molecular flexibility index (Phi) is 4.20. The maximum atomic E-state index is 11.9. The van der Waals surface area contributed by atoms with Crippen LogP contribution in [0.25, 0.3) is 0 Å². The highest BCUT2D eigenvalue weighted by Crippen LogP contribution is 2.35. The summed E-state index contributed by atoms with van der Waals surface area (Å²) in [6.07, 6.45) is 1.90. The number of benzene rings is 1. The Hall–Kier alpha value is -2.89. The molecule has 6 nitrogen and oxygen atoms in total. The lowest BCUT2D eigenvalue weighted by Crippen LogP contribution is -2.21. The molecule has 2 aromatic rings. The highest BCUT2D eigenvalue weighted by atomic mass is 16.5. The van der Waals surface area contributed by atoms with Gasteiger partial charge in [0.2, 0.25) is 11.8 Å². The monoisotopic (exact) mass is 325 g/mol. The number of hydrogen-bond acceptors (Lipinski definition) is 4. The topological polar surface area (TPSA) is 71.5 Å². The van der Waals surface area contributed by atoms with Crippen LogP contribution >= 0.6 is 0 Å². The van der Waals surface area contributed by atoms with Crippen LogP contribution in [0.15, 0.2) is 36.5 Å². The Morgan fingerprint density at radius 3 is 2.88 bits per heavy atom. The van der Waals surface area contributed by atoms with Crippen molar-refractivity contribution in [2.45, 2.75) is 20.3 Å². The molecule has 0 atom stereocenters. The lowest BCUT2D eigenvalue weighted by Gasteiger charge is -2.13. The normalized spacial score (nSPS) is 13.2. The molecule has 1 aromatic carbocycles. The number of pyridine rings is 1. The van der Waals surface area contributed by atoms with Crippen LogP contribution in [0.5, 0.6) is 11.5 Å². The Morgan fingerprint density at radius 1 is 1.33 bits per heavy atom. The number of aromatic nitrogens is 1. The molecule has 24 heavy (non-hydrogen) atoms. The van der Waals surface area contributed by atoms with Crippen molar-refractivity contribution in [1.82, 2.24) is 4.98 Å². The number of amides is 2. The van der Waals surface area contributed by atoms with E-state index < -0.39 is 0 Å². The molecule has 1 N–H and O–H groups in total. The summed E-state index contributed by atoms with van der Waals surface area (Å²) in [6, 6.07) is 8.92. The lowest BCUT2D eigenvalue weighted by molar-refractivity contribution is -0.119. The summed E-state index contributed by atoms with van der Waals surface area (Å²) < 4.78 is 5.93. The average molecular weight is 325 g/mol. The van der Waals surface area contributed by atoms with E-state index in [1.807, 2.05) is 19.9 Å². The van der Waals surface area contributed by atoms with Gasteiger partial charge in [-0.05, 0) is 18.2 Å². The fraction of sp³-hybridized carbons (Fsp3) is 0.278. The van der Waals surface area contributed by atoms with Crippen molar-refractivity contribution in [3.8, 4) is 11.5 Å². The van der Waals surface area contributed by atoms with Crippen LogP contribution in [0.2, 0.25) is 0 Å². The number of hydrogen-bond donors (Lipinski definition) is 1. The van der Waals surface area contributed by atoms with Gasteiger partial charge < -0.3 is 10.1 Å². The van der Waals surface area contributed by atoms with Gasteiger partial charge in [0.05, 0.1) is 6.42 Å². The predicted octanol–water partition coefficient (Wildman–Crippen LogP) is 2.99. The van der Waals surface area contributed by atoms with E-state index in [-0.39, 0.29) is 24.2 Å². The van der Waals surface area contributed by atoms with Crippen molar-refractivity contribution < 1.29 is 14.3 Å². The van der Waals surface area contributed by atoms with Crippen molar-refractivity contribution in [3.63, 3.8) is 0 Å². The molecule has 124 valence electrons.